The van der Waals surface area contributed by atoms with Crippen molar-refractivity contribution in [2.45, 2.75) is 0 Å². The van der Waals surface area contributed by atoms with Crippen LogP contribution in [0.4, 0.5) is 17.2 Å². The van der Waals surface area contributed by atoms with Crippen LogP contribution in [0.1, 0.15) is 0 Å². The summed E-state index contributed by atoms with van der Waals surface area (Å²) in [6.07, 6.45) is 0. The Hall–Kier alpha value is -9.59. The maximum Gasteiger partial charge on any atom is 0.151 e. The largest absolute Gasteiger partial charge is 0.453 e. The lowest BCUT2D eigenvalue weighted by Crippen LogP contribution is -2.17. The van der Waals surface area contributed by atoms with Crippen molar-refractivity contribution in [2.75, 3.05) is 4.90 Å². The third kappa shape index (κ3) is 6.40. The highest BCUT2D eigenvalue weighted by Gasteiger charge is 2.28. The zero-order valence-corrected chi connectivity index (χ0v) is 37.7. The maximum atomic E-state index is 6.40. The number of ether oxygens (including phenoxy) is 1. The van der Waals surface area contributed by atoms with Crippen LogP contribution in [0.2, 0.25) is 0 Å². The molecular weight excluding hydrogens is 857 g/mol. The molecule has 0 aliphatic carbocycles. The molecule has 0 fully saturated rings. The highest BCUT2D eigenvalue weighted by atomic mass is 16.5. The van der Waals surface area contributed by atoms with Crippen LogP contribution in [-0.4, -0.2) is 24.1 Å². The number of rotatable bonds is 7. The van der Waals surface area contributed by atoms with Gasteiger partial charge in [-0.15, -0.1) is 0 Å². The maximum absolute atomic E-state index is 6.40. The van der Waals surface area contributed by atoms with E-state index >= 15 is 0 Å². The SMILES string of the molecule is c1ccc(-c2cccc(-c3cc(-c4cccc(-c5ccccc5)n4)cc(-n4c5ccccc5c5c4ccc4c6ccccc6n(-c6cccc(N7c8ccccc8Oc8ccccc87)n6)c45)c3)n2)cc1. The Morgan fingerprint density at radius 2 is 0.814 bits per heavy atom. The van der Waals surface area contributed by atoms with E-state index in [4.69, 9.17) is 19.7 Å². The molecule has 1 aliphatic heterocycles. The molecule has 0 atom stereocenters. The fourth-order valence-corrected chi connectivity index (χ4v) is 10.4. The molecule has 0 amide bonds. The molecule has 0 spiro atoms. The molecule has 13 aromatic rings. The summed E-state index contributed by atoms with van der Waals surface area (Å²) in [7, 11) is 0. The fraction of sp³-hybridized carbons (Fsp3) is 0. The average molecular weight is 897 g/mol. The Labute approximate surface area is 403 Å². The molecule has 0 N–H and O–H groups in total. The quantitative estimate of drug-likeness (QED) is 0.159. The van der Waals surface area contributed by atoms with E-state index < -0.39 is 0 Å². The van der Waals surface area contributed by atoms with E-state index in [1.165, 1.54) is 0 Å². The zero-order valence-electron chi connectivity index (χ0n) is 37.7. The van der Waals surface area contributed by atoms with Gasteiger partial charge >= 0.3 is 0 Å². The molecule has 70 heavy (non-hydrogen) atoms. The number of benzene rings is 8. The first kappa shape index (κ1) is 39.6. The van der Waals surface area contributed by atoms with Gasteiger partial charge < -0.3 is 9.30 Å². The van der Waals surface area contributed by atoms with Crippen LogP contribution in [0.25, 0.3) is 100 Å². The third-order valence-electron chi connectivity index (χ3n) is 13.5. The van der Waals surface area contributed by atoms with Crippen molar-refractivity contribution >= 4 is 60.8 Å². The predicted molar refractivity (Wildman–Crippen MR) is 285 cm³/mol. The number of fused-ring (bicyclic) bond motifs is 9. The second-order valence-corrected chi connectivity index (χ2v) is 17.6. The Balaban J connectivity index is 1.02. The van der Waals surface area contributed by atoms with Crippen LogP contribution in [0.5, 0.6) is 11.5 Å². The van der Waals surface area contributed by atoms with E-state index in [1.54, 1.807) is 0 Å². The third-order valence-corrected chi connectivity index (χ3v) is 13.5. The minimum Gasteiger partial charge on any atom is -0.453 e. The number of pyridine rings is 3. The van der Waals surface area contributed by atoms with Gasteiger partial charge in [0.15, 0.2) is 11.5 Å². The van der Waals surface area contributed by atoms with Crippen molar-refractivity contribution < 1.29 is 4.74 Å². The first-order chi connectivity index (χ1) is 34.7. The number of aromatic nitrogens is 5. The highest BCUT2D eigenvalue weighted by molar-refractivity contribution is 6.26. The van der Waals surface area contributed by atoms with Gasteiger partial charge in [0.2, 0.25) is 0 Å². The van der Waals surface area contributed by atoms with Gasteiger partial charge in [-0.2, -0.15) is 0 Å². The smallest absolute Gasteiger partial charge is 0.151 e. The summed E-state index contributed by atoms with van der Waals surface area (Å²) < 4.78 is 11.2. The molecule has 14 rings (SSSR count). The predicted octanol–water partition coefficient (Wildman–Crippen LogP) is 16.3. The van der Waals surface area contributed by atoms with Gasteiger partial charge in [-0.3, -0.25) is 9.47 Å². The van der Waals surface area contributed by atoms with Gasteiger partial charge in [-0.05, 0) is 97.1 Å². The first-order valence-electron chi connectivity index (χ1n) is 23.5. The van der Waals surface area contributed by atoms with Crippen LogP contribution in [0, 0.1) is 0 Å². The van der Waals surface area contributed by atoms with Crippen LogP contribution in [0.3, 0.4) is 0 Å². The van der Waals surface area contributed by atoms with E-state index in [0.717, 1.165) is 129 Å². The van der Waals surface area contributed by atoms with Crippen molar-refractivity contribution in [1.29, 1.82) is 0 Å². The van der Waals surface area contributed by atoms with Gasteiger partial charge in [0.25, 0.3) is 0 Å². The summed E-state index contributed by atoms with van der Waals surface area (Å²) in [6.45, 7) is 0. The number of para-hydroxylation sites is 6. The van der Waals surface area contributed by atoms with E-state index in [-0.39, 0.29) is 0 Å². The summed E-state index contributed by atoms with van der Waals surface area (Å²) in [5.74, 6) is 3.17. The Morgan fingerprint density at radius 1 is 0.314 bits per heavy atom. The summed E-state index contributed by atoms with van der Waals surface area (Å²) in [4.78, 5) is 18.3. The van der Waals surface area contributed by atoms with Gasteiger partial charge in [0.05, 0.1) is 56.2 Å². The summed E-state index contributed by atoms with van der Waals surface area (Å²) in [5.41, 5.74) is 14.9. The second-order valence-electron chi connectivity index (χ2n) is 17.6. The second kappa shape index (κ2) is 16.0. The zero-order chi connectivity index (χ0) is 46.1. The van der Waals surface area contributed by atoms with E-state index in [0.29, 0.717) is 0 Å². The number of hydrogen-bond acceptors (Lipinski definition) is 5. The molecule has 0 saturated heterocycles. The molecule has 0 radical (unpaired) electrons. The minimum absolute atomic E-state index is 0.784. The van der Waals surface area contributed by atoms with E-state index in [2.05, 4.69) is 208 Å². The lowest BCUT2D eigenvalue weighted by Gasteiger charge is -2.32. The number of hydrogen-bond donors (Lipinski definition) is 0. The molecule has 328 valence electrons. The van der Waals surface area contributed by atoms with Crippen molar-refractivity contribution in [1.82, 2.24) is 24.1 Å². The Bertz CT molecular complexity index is 4030. The Morgan fingerprint density at radius 3 is 1.44 bits per heavy atom. The van der Waals surface area contributed by atoms with Gasteiger partial charge in [0, 0.05) is 49.5 Å². The first-order valence-corrected chi connectivity index (χ1v) is 23.5. The lowest BCUT2D eigenvalue weighted by molar-refractivity contribution is 0.476. The molecule has 7 heteroatoms. The summed E-state index contributed by atoms with van der Waals surface area (Å²) in [5, 5.41) is 4.58. The lowest BCUT2D eigenvalue weighted by atomic mass is 10.0. The molecule has 7 nitrogen and oxygen atoms in total. The molecule has 0 unspecified atom stereocenters. The van der Waals surface area contributed by atoms with Crippen molar-refractivity contribution in [2.24, 2.45) is 0 Å². The Kier molecular flexibility index (Phi) is 9.07. The van der Waals surface area contributed by atoms with Gasteiger partial charge in [-0.25, -0.2) is 15.0 Å². The molecule has 6 heterocycles. The topological polar surface area (TPSA) is 61.0 Å². The van der Waals surface area contributed by atoms with E-state index in [9.17, 15) is 0 Å². The van der Waals surface area contributed by atoms with Gasteiger partial charge in [-0.1, -0.05) is 146 Å². The number of anilines is 3. The summed E-state index contributed by atoms with van der Waals surface area (Å²) >= 11 is 0. The average Bonchev–Trinajstić information content (AvgIpc) is 3.96. The van der Waals surface area contributed by atoms with Crippen LogP contribution >= 0.6 is 0 Å². The minimum atomic E-state index is 0.784. The molecule has 0 bridgehead atoms. The van der Waals surface area contributed by atoms with Crippen molar-refractivity contribution in [3.05, 3.63) is 243 Å². The van der Waals surface area contributed by atoms with Crippen LogP contribution in [0.15, 0.2) is 243 Å². The molecular formula is C63H40N6O. The molecule has 1 aliphatic rings. The molecule has 0 saturated carbocycles. The van der Waals surface area contributed by atoms with Crippen molar-refractivity contribution in [3.8, 4) is 68.0 Å². The normalized spacial score (nSPS) is 12.1. The van der Waals surface area contributed by atoms with Gasteiger partial charge in [0.1, 0.15) is 11.6 Å². The highest BCUT2D eigenvalue weighted by Crippen LogP contribution is 2.50. The molecule has 5 aromatic heterocycles. The van der Waals surface area contributed by atoms with Crippen LogP contribution < -0.4 is 9.64 Å². The molecule has 8 aromatic carbocycles. The monoisotopic (exact) mass is 896 g/mol. The van der Waals surface area contributed by atoms with Crippen LogP contribution in [-0.2, 0) is 0 Å². The standard InChI is InChI=1S/C63H40N6O/c1-3-18-41(19-4-1)49-24-15-26-51(64-49)43-38-44(52-27-16-25-50(65-52)42-20-5-2-6-21-42)40-45(39-43)67-54-29-10-8-23-48(54)62-57(67)37-36-47-46-22-7-9-28-53(46)69(63(47)62)61-35-17-34-60(66-61)68-55-30-11-13-32-58(55)70-59-33-14-12-31-56(59)68/h1-40H. The van der Waals surface area contributed by atoms with Crippen molar-refractivity contribution in [3.63, 3.8) is 0 Å². The summed E-state index contributed by atoms with van der Waals surface area (Å²) in [6, 6.07) is 84.7. The fourth-order valence-electron chi connectivity index (χ4n) is 10.4. The number of nitrogens with zero attached hydrogens (tertiary/aromatic N) is 6. The van der Waals surface area contributed by atoms with E-state index in [1.807, 2.05) is 48.5 Å².